The lowest BCUT2D eigenvalue weighted by Crippen LogP contribution is -2.24. The molecule has 2 unspecified atom stereocenters. The molecule has 0 bridgehead atoms. The molecule has 36 heavy (non-hydrogen) atoms. The first-order valence-electron chi connectivity index (χ1n) is 11.9. The van der Waals surface area contributed by atoms with Crippen LogP contribution in [0.4, 0.5) is 10.5 Å². The first-order chi connectivity index (χ1) is 17.0. The van der Waals surface area contributed by atoms with Crippen LogP contribution in [0.5, 0.6) is 0 Å². The average Bonchev–Trinajstić information content (AvgIpc) is 2.80. The molecule has 1 aliphatic rings. The van der Waals surface area contributed by atoms with Crippen LogP contribution in [-0.4, -0.2) is 41.1 Å². The Morgan fingerprint density at radius 1 is 1.11 bits per heavy atom. The third-order valence-electron chi connectivity index (χ3n) is 5.73. The van der Waals surface area contributed by atoms with Crippen molar-refractivity contribution in [3.8, 4) is 0 Å². The van der Waals surface area contributed by atoms with Gasteiger partial charge in [-0.05, 0) is 81.8 Å². The second-order valence-electron chi connectivity index (χ2n) is 9.68. The van der Waals surface area contributed by atoms with Gasteiger partial charge in [-0.1, -0.05) is 18.2 Å². The second kappa shape index (κ2) is 11.3. The number of fused-ring (bicyclic) bond motifs is 1. The number of nitrogens with zero attached hydrogens (tertiary/aromatic N) is 1. The van der Waals surface area contributed by atoms with Crippen molar-refractivity contribution in [1.29, 1.82) is 0 Å². The first-order valence-corrected chi connectivity index (χ1v) is 11.9. The van der Waals surface area contributed by atoms with E-state index in [-0.39, 0.29) is 30.1 Å². The molecule has 0 aromatic heterocycles. The number of benzene rings is 2. The van der Waals surface area contributed by atoms with E-state index in [9.17, 15) is 19.5 Å². The zero-order chi connectivity index (χ0) is 26.5. The first kappa shape index (κ1) is 26.9. The van der Waals surface area contributed by atoms with Crippen molar-refractivity contribution in [3.63, 3.8) is 0 Å². The standard InChI is InChI=1S/C27H33N3O6/c1-5-35-22(31)15-19-11-10-18-14-20(12-13-21(18)23(19)32)29-25(33)17-8-6-16(7-9-17)24(28)30-26(34)36-27(2,3)4/h6-9,12-14,19,23,32H,5,10-11,15H2,1-4H3,(H,29,33)(H2,28,30,34). The maximum absolute atomic E-state index is 12.7. The number of aliphatic hydroxyl groups excluding tert-OH is 1. The molecule has 9 nitrogen and oxygen atoms in total. The van der Waals surface area contributed by atoms with Crippen LogP contribution in [0.15, 0.2) is 47.5 Å². The van der Waals surface area contributed by atoms with E-state index in [1.807, 2.05) is 6.07 Å². The van der Waals surface area contributed by atoms with Gasteiger partial charge in [-0.2, -0.15) is 4.99 Å². The quantitative estimate of drug-likeness (QED) is 0.311. The van der Waals surface area contributed by atoms with Crippen LogP contribution in [-0.2, 0) is 20.7 Å². The van der Waals surface area contributed by atoms with E-state index in [2.05, 4.69) is 10.3 Å². The van der Waals surface area contributed by atoms with Gasteiger partial charge in [0.1, 0.15) is 11.4 Å². The summed E-state index contributed by atoms with van der Waals surface area (Å²) in [5.74, 6) is -0.828. The number of rotatable bonds is 6. The number of carbonyl (C=O) groups excluding carboxylic acids is 3. The molecule has 0 fully saturated rings. The van der Waals surface area contributed by atoms with E-state index in [1.54, 1.807) is 64.1 Å². The number of nitrogens with one attached hydrogen (secondary N) is 1. The lowest BCUT2D eigenvalue weighted by atomic mass is 9.79. The highest BCUT2D eigenvalue weighted by Crippen LogP contribution is 2.37. The number of anilines is 1. The van der Waals surface area contributed by atoms with Gasteiger partial charge in [0, 0.05) is 16.8 Å². The zero-order valence-corrected chi connectivity index (χ0v) is 21.0. The Balaban J connectivity index is 1.64. The number of hydrogen-bond donors (Lipinski definition) is 3. The van der Waals surface area contributed by atoms with Gasteiger partial charge in [0.05, 0.1) is 19.1 Å². The lowest BCUT2D eigenvalue weighted by molar-refractivity contribution is -0.145. The minimum Gasteiger partial charge on any atom is -0.466 e. The van der Waals surface area contributed by atoms with Crippen molar-refractivity contribution in [2.24, 2.45) is 16.6 Å². The third-order valence-corrected chi connectivity index (χ3v) is 5.73. The van der Waals surface area contributed by atoms with Gasteiger partial charge in [-0.25, -0.2) is 4.79 Å². The Hall–Kier alpha value is -3.72. The van der Waals surface area contributed by atoms with E-state index in [0.29, 0.717) is 36.3 Å². The van der Waals surface area contributed by atoms with Crippen LogP contribution in [0.2, 0.25) is 0 Å². The minimum atomic E-state index is -0.786. The highest BCUT2D eigenvalue weighted by atomic mass is 16.6. The van der Waals surface area contributed by atoms with Crippen LogP contribution in [0.3, 0.4) is 0 Å². The number of esters is 1. The Morgan fingerprint density at radius 3 is 2.42 bits per heavy atom. The van der Waals surface area contributed by atoms with Crippen LogP contribution >= 0.6 is 0 Å². The molecule has 1 aliphatic carbocycles. The summed E-state index contributed by atoms with van der Waals surface area (Å²) < 4.78 is 10.1. The molecule has 192 valence electrons. The summed E-state index contributed by atoms with van der Waals surface area (Å²) in [4.78, 5) is 40.2. The molecule has 2 aromatic carbocycles. The summed E-state index contributed by atoms with van der Waals surface area (Å²) in [6.45, 7) is 7.27. The monoisotopic (exact) mass is 495 g/mol. The zero-order valence-electron chi connectivity index (χ0n) is 21.0. The summed E-state index contributed by atoms with van der Waals surface area (Å²) in [6, 6.07) is 11.7. The SMILES string of the molecule is CCOC(=O)CC1CCc2cc(NC(=O)c3ccc(C(N)=NC(=O)OC(C)(C)C)cc3)ccc2C1O. The van der Waals surface area contributed by atoms with Gasteiger partial charge in [-0.15, -0.1) is 0 Å². The number of ether oxygens (including phenoxy) is 2. The molecule has 2 atom stereocenters. The van der Waals surface area contributed by atoms with Crippen LogP contribution in [0, 0.1) is 5.92 Å². The molecule has 4 N–H and O–H groups in total. The second-order valence-corrected chi connectivity index (χ2v) is 9.68. The number of hydrogen-bond acceptors (Lipinski definition) is 6. The van der Waals surface area contributed by atoms with Crippen molar-refractivity contribution in [1.82, 2.24) is 0 Å². The molecule has 9 heteroatoms. The van der Waals surface area contributed by atoms with Crippen molar-refractivity contribution in [2.75, 3.05) is 11.9 Å². The van der Waals surface area contributed by atoms with Crippen LogP contribution in [0.25, 0.3) is 0 Å². The van der Waals surface area contributed by atoms with E-state index >= 15 is 0 Å². The fraction of sp³-hybridized carbons (Fsp3) is 0.407. The van der Waals surface area contributed by atoms with Gasteiger partial charge < -0.3 is 25.6 Å². The number of aliphatic imine (C=N–C) groups is 1. The lowest BCUT2D eigenvalue weighted by Gasteiger charge is -2.30. The van der Waals surface area contributed by atoms with E-state index < -0.39 is 17.8 Å². The average molecular weight is 496 g/mol. The summed E-state index contributed by atoms with van der Waals surface area (Å²) >= 11 is 0. The fourth-order valence-electron chi connectivity index (χ4n) is 4.03. The Bertz CT molecular complexity index is 1150. The van der Waals surface area contributed by atoms with Crippen molar-refractivity contribution in [3.05, 3.63) is 64.7 Å². The van der Waals surface area contributed by atoms with Crippen molar-refractivity contribution in [2.45, 2.75) is 58.7 Å². The third kappa shape index (κ3) is 7.14. The predicted molar refractivity (Wildman–Crippen MR) is 136 cm³/mol. The van der Waals surface area contributed by atoms with Gasteiger partial charge in [0.2, 0.25) is 0 Å². The molecule has 0 saturated carbocycles. The topological polar surface area (TPSA) is 140 Å². The Morgan fingerprint density at radius 2 is 1.78 bits per heavy atom. The smallest absolute Gasteiger partial charge is 0.436 e. The van der Waals surface area contributed by atoms with Gasteiger partial charge >= 0.3 is 12.1 Å². The molecule has 2 amide bonds. The summed E-state index contributed by atoms with van der Waals surface area (Å²) in [5.41, 5.74) is 8.39. The molecule has 0 radical (unpaired) electrons. The highest BCUT2D eigenvalue weighted by Gasteiger charge is 2.30. The van der Waals surface area contributed by atoms with Gasteiger partial charge in [0.25, 0.3) is 5.91 Å². The number of aryl methyl sites for hydroxylation is 1. The molecule has 2 aromatic rings. The van der Waals surface area contributed by atoms with Gasteiger partial charge in [-0.3, -0.25) is 9.59 Å². The van der Waals surface area contributed by atoms with E-state index in [1.165, 1.54) is 0 Å². The molecule has 0 heterocycles. The minimum absolute atomic E-state index is 0.00860. The number of aliphatic hydroxyl groups is 1. The Kier molecular flexibility index (Phi) is 8.47. The number of amidine groups is 1. The number of nitrogens with two attached hydrogens (primary N) is 1. The van der Waals surface area contributed by atoms with Crippen LogP contribution < -0.4 is 11.1 Å². The highest BCUT2D eigenvalue weighted by molar-refractivity contribution is 6.06. The maximum Gasteiger partial charge on any atom is 0.436 e. The number of carbonyl (C=O) groups is 3. The predicted octanol–water partition coefficient (Wildman–Crippen LogP) is 4.13. The fourth-order valence-corrected chi connectivity index (χ4v) is 4.03. The van der Waals surface area contributed by atoms with E-state index in [4.69, 9.17) is 15.2 Å². The van der Waals surface area contributed by atoms with Crippen molar-refractivity contribution >= 4 is 29.5 Å². The number of amides is 2. The Labute approximate surface area is 210 Å². The normalized spacial score (nSPS) is 17.6. The van der Waals surface area contributed by atoms with Crippen molar-refractivity contribution < 1.29 is 29.0 Å². The molecular formula is C27H33N3O6. The summed E-state index contributed by atoms with van der Waals surface area (Å²) in [5, 5.41) is 13.6. The molecule has 0 saturated heterocycles. The maximum atomic E-state index is 12.7. The molecule has 3 rings (SSSR count). The molecule has 0 spiro atoms. The largest absolute Gasteiger partial charge is 0.466 e. The van der Waals surface area contributed by atoms with Crippen LogP contribution in [0.1, 0.15) is 73.7 Å². The molecular weight excluding hydrogens is 462 g/mol. The molecule has 0 aliphatic heterocycles. The van der Waals surface area contributed by atoms with E-state index in [0.717, 1.165) is 11.1 Å². The van der Waals surface area contributed by atoms with Gasteiger partial charge in [0.15, 0.2) is 0 Å². The summed E-state index contributed by atoms with van der Waals surface area (Å²) in [6.07, 6.45) is -0.0334. The summed E-state index contributed by atoms with van der Waals surface area (Å²) in [7, 11) is 0.